The Labute approximate surface area is 103 Å². The first-order valence-corrected chi connectivity index (χ1v) is 7.02. The van der Waals surface area contributed by atoms with Gasteiger partial charge in [0.05, 0.1) is 5.69 Å². The Kier molecular flexibility index (Phi) is 5.11. The van der Waals surface area contributed by atoms with Gasteiger partial charge < -0.3 is 5.32 Å². The van der Waals surface area contributed by atoms with Crippen molar-refractivity contribution in [3.8, 4) is 6.07 Å². The fraction of sp³-hybridized carbons (Fsp3) is 0.417. The minimum absolute atomic E-state index is 0.0250. The van der Waals surface area contributed by atoms with Gasteiger partial charge in [0.25, 0.3) is 0 Å². The Morgan fingerprint density at radius 2 is 2.29 bits per heavy atom. The smallest absolute Gasteiger partial charge is 0.143 e. The second kappa shape index (κ2) is 6.36. The van der Waals surface area contributed by atoms with Gasteiger partial charge in [-0.2, -0.15) is 5.26 Å². The van der Waals surface area contributed by atoms with Crippen LogP contribution in [0.15, 0.2) is 18.2 Å². The fourth-order valence-corrected chi connectivity index (χ4v) is 2.12. The molecule has 92 valence electrons. The van der Waals surface area contributed by atoms with Gasteiger partial charge in [-0.1, -0.05) is 6.07 Å². The quantitative estimate of drug-likeness (QED) is 0.877. The first-order valence-electron chi connectivity index (χ1n) is 5.29. The van der Waals surface area contributed by atoms with E-state index in [9.17, 15) is 8.60 Å². The first-order chi connectivity index (χ1) is 8.04. The highest BCUT2D eigenvalue weighted by Crippen LogP contribution is 2.19. The number of nitriles is 1. The first kappa shape index (κ1) is 13.7. The molecule has 1 aromatic carbocycles. The van der Waals surface area contributed by atoms with Crippen molar-refractivity contribution in [2.24, 2.45) is 0 Å². The maximum atomic E-state index is 13.3. The van der Waals surface area contributed by atoms with Crippen LogP contribution in [0, 0.1) is 17.1 Å². The van der Waals surface area contributed by atoms with Crippen LogP contribution in [-0.4, -0.2) is 22.3 Å². The number of nitrogens with one attached hydrogen (secondary N) is 1. The van der Waals surface area contributed by atoms with Gasteiger partial charge in [0.1, 0.15) is 17.4 Å². The molecule has 0 heterocycles. The van der Waals surface area contributed by atoms with Crippen molar-refractivity contribution in [2.45, 2.75) is 19.4 Å². The van der Waals surface area contributed by atoms with E-state index in [2.05, 4.69) is 5.32 Å². The summed E-state index contributed by atoms with van der Waals surface area (Å²) in [4.78, 5) is 0. The van der Waals surface area contributed by atoms with E-state index in [0.717, 1.165) is 0 Å². The van der Waals surface area contributed by atoms with Crippen LogP contribution in [0.3, 0.4) is 0 Å². The molecule has 1 rings (SSSR count). The van der Waals surface area contributed by atoms with E-state index in [1.807, 2.05) is 13.0 Å². The van der Waals surface area contributed by atoms with Gasteiger partial charge in [-0.25, -0.2) is 4.39 Å². The summed E-state index contributed by atoms with van der Waals surface area (Å²) in [5.74, 6) is 0.0644. The van der Waals surface area contributed by atoms with Crippen LogP contribution in [0.2, 0.25) is 0 Å². The predicted octanol–water partition coefficient (Wildman–Crippen LogP) is 2.27. The number of halogens is 1. The van der Waals surface area contributed by atoms with Crippen LogP contribution >= 0.6 is 0 Å². The molecule has 0 aromatic heterocycles. The predicted molar refractivity (Wildman–Crippen MR) is 67.8 cm³/mol. The van der Waals surface area contributed by atoms with E-state index in [4.69, 9.17) is 5.26 Å². The lowest BCUT2D eigenvalue weighted by Crippen LogP contribution is -2.18. The third-order valence-corrected chi connectivity index (χ3v) is 3.18. The van der Waals surface area contributed by atoms with Crippen molar-refractivity contribution >= 4 is 16.5 Å². The molecule has 2 unspecified atom stereocenters. The molecule has 1 N–H and O–H groups in total. The van der Waals surface area contributed by atoms with E-state index < -0.39 is 16.6 Å². The topological polar surface area (TPSA) is 52.9 Å². The Hall–Kier alpha value is -1.41. The highest BCUT2D eigenvalue weighted by Gasteiger charge is 2.10. The van der Waals surface area contributed by atoms with Gasteiger partial charge in [0.15, 0.2) is 0 Å². The molecule has 0 fully saturated rings. The van der Waals surface area contributed by atoms with Crippen molar-refractivity contribution in [1.29, 1.82) is 5.26 Å². The monoisotopic (exact) mass is 254 g/mol. The molecule has 0 amide bonds. The zero-order valence-corrected chi connectivity index (χ0v) is 10.7. The van der Waals surface area contributed by atoms with Crippen LogP contribution in [0.4, 0.5) is 10.1 Å². The average molecular weight is 254 g/mol. The largest absolute Gasteiger partial charge is 0.381 e. The van der Waals surface area contributed by atoms with Gasteiger partial charge in [0.2, 0.25) is 0 Å². The van der Waals surface area contributed by atoms with Crippen molar-refractivity contribution in [3.05, 3.63) is 29.6 Å². The average Bonchev–Trinajstić information content (AvgIpc) is 2.27. The lowest BCUT2D eigenvalue weighted by molar-refractivity contribution is 0.623. The molecule has 5 heteroatoms. The molecule has 0 radical (unpaired) electrons. The highest BCUT2D eigenvalue weighted by atomic mass is 32.2. The Bertz CT molecular complexity index is 456. The third kappa shape index (κ3) is 4.16. The standard InChI is InChI=1S/C12H15FN2OS/c1-9(6-7-17(2)16)15-12-5-3-4-11(13)10(12)8-14/h3-5,9,15H,6-7H2,1-2H3. The third-order valence-electron chi connectivity index (χ3n) is 2.37. The zero-order chi connectivity index (χ0) is 12.8. The Morgan fingerprint density at radius 1 is 1.59 bits per heavy atom. The summed E-state index contributed by atoms with van der Waals surface area (Å²) >= 11 is 0. The Balaban J connectivity index is 2.72. The van der Waals surface area contributed by atoms with Gasteiger partial charge in [0, 0.05) is 28.9 Å². The lowest BCUT2D eigenvalue weighted by Gasteiger charge is -2.15. The number of nitrogens with zero attached hydrogens (tertiary/aromatic N) is 1. The number of anilines is 1. The van der Waals surface area contributed by atoms with Gasteiger partial charge in [-0.15, -0.1) is 0 Å². The van der Waals surface area contributed by atoms with Crippen LogP contribution in [-0.2, 0) is 10.8 Å². The van der Waals surface area contributed by atoms with Crippen LogP contribution < -0.4 is 5.32 Å². The van der Waals surface area contributed by atoms with E-state index in [-0.39, 0.29) is 11.6 Å². The summed E-state index contributed by atoms with van der Waals surface area (Å²) in [6.07, 6.45) is 2.36. The van der Waals surface area contributed by atoms with E-state index in [0.29, 0.717) is 17.9 Å². The Morgan fingerprint density at radius 3 is 2.88 bits per heavy atom. The van der Waals surface area contributed by atoms with Crippen molar-refractivity contribution in [1.82, 2.24) is 0 Å². The SMILES string of the molecule is CC(CCS(C)=O)Nc1cccc(F)c1C#N. The highest BCUT2D eigenvalue weighted by molar-refractivity contribution is 7.84. The molecular weight excluding hydrogens is 239 g/mol. The number of hydrogen-bond acceptors (Lipinski definition) is 3. The molecule has 0 saturated carbocycles. The fourth-order valence-electron chi connectivity index (χ4n) is 1.44. The second-order valence-electron chi connectivity index (χ2n) is 3.89. The molecule has 17 heavy (non-hydrogen) atoms. The molecule has 1 aromatic rings. The maximum absolute atomic E-state index is 13.3. The van der Waals surface area contributed by atoms with Crippen LogP contribution in [0.5, 0.6) is 0 Å². The molecule has 3 nitrogen and oxygen atoms in total. The van der Waals surface area contributed by atoms with E-state index >= 15 is 0 Å². The van der Waals surface area contributed by atoms with Crippen molar-refractivity contribution in [2.75, 3.05) is 17.3 Å². The second-order valence-corrected chi connectivity index (χ2v) is 5.44. The summed E-state index contributed by atoms with van der Waals surface area (Å²) in [6.45, 7) is 1.92. The van der Waals surface area contributed by atoms with Crippen molar-refractivity contribution in [3.63, 3.8) is 0 Å². The molecule has 0 spiro atoms. The summed E-state index contributed by atoms with van der Waals surface area (Å²) < 4.78 is 24.3. The molecule has 0 aliphatic carbocycles. The van der Waals surface area contributed by atoms with E-state index in [1.165, 1.54) is 6.07 Å². The summed E-state index contributed by atoms with van der Waals surface area (Å²) in [6, 6.07) is 6.37. The molecular formula is C12H15FN2OS. The van der Waals surface area contributed by atoms with Gasteiger partial charge in [-0.05, 0) is 25.5 Å². The minimum atomic E-state index is -0.835. The van der Waals surface area contributed by atoms with Crippen molar-refractivity contribution < 1.29 is 8.60 Å². The number of hydrogen-bond donors (Lipinski definition) is 1. The zero-order valence-electron chi connectivity index (χ0n) is 9.87. The van der Waals surface area contributed by atoms with Crippen LogP contribution in [0.1, 0.15) is 18.9 Å². The van der Waals surface area contributed by atoms with Gasteiger partial charge in [-0.3, -0.25) is 4.21 Å². The summed E-state index contributed by atoms with van der Waals surface area (Å²) in [5.41, 5.74) is 0.513. The minimum Gasteiger partial charge on any atom is -0.381 e. The molecule has 0 aliphatic heterocycles. The maximum Gasteiger partial charge on any atom is 0.143 e. The number of benzene rings is 1. The van der Waals surface area contributed by atoms with Gasteiger partial charge >= 0.3 is 0 Å². The normalized spacial score (nSPS) is 13.8. The summed E-state index contributed by atoms with van der Waals surface area (Å²) in [7, 11) is -0.835. The molecule has 0 bridgehead atoms. The van der Waals surface area contributed by atoms with E-state index in [1.54, 1.807) is 18.4 Å². The summed E-state index contributed by atoms with van der Waals surface area (Å²) in [5, 5.41) is 11.9. The lowest BCUT2D eigenvalue weighted by atomic mass is 10.1. The molecule has 2 atom stereocenters. The number of rotatable bonds is 5. The van der Waals surface area contributed by atoms with Crippen LogP contribution in [0.25, 0.3) is 0 Å². The molecule has 0 saturated heterocycles. The molecule has 0 aliphatic rings.